The topological polar surface area (TPSA) is 89.3 Å². The van der Waals surface area contributed by atoms with Crippen molar-refractivity contribution in [1.29, 1.82) is 5.26 Å². The van der Waals surface area contributed by atoms with Crippen LogP contribution in [0.2, 0.25) is 0 Å². The third kappa shape index (κ3) is 5.13. The first-order chi connectivity index (χ1) is 11.9. The van der Waals surface area contributed by atoms with Crippen LogP contribution in [-0.2, 0) is 9.53 Å². The Morgan fingerprint density at radius 2 is 1.96 bits per heavy atom. The van der Waals surface area contributed by atoms with Crippen LogP contribution in [0.15, 0.2) is 29.6 Å². The van der Waals surface area contributed by atoms with Gasteiger partial charge in [0.15, 0.2) is 18.3 Å². The van der Waals surface area contributed by atoms with Crippen molar-refractivity contribution in [2.24, 2.45) is 0 Å². The molecule has 0 unspecified atom stereocenters. The van der Waals surface area contributed by atoms with E-state index in [1.165, 1.54) is 11.3 Å². The molecule has 0 bridgehead atoms. The van der Waals surface area contributed by atoms with E-state index < -0.39 is 24.3 Å². The minimum atomic E-state index is -1.02. The average molecular weight is 358 g/mol. The quantitative estimate of drug-likeness (QED) is 0.706. The zero-order valence-corrected chi connectivity index (χ0v) is 15.0. The van der Waals surface area contributed by atoms with E-state index in [1.54, 1.807) is 36.6 Å². The van der Waals surface area contributed by atoms with Crippen LogP contribution >= 0.6 is 11.3 Å². The zero-order valence-electron chi connectivity index (χ0n) is 14.2. The number of hydrogen-bond donors (Lipinski definition) is 0. The van der Waals surface area contributed by atoms with E-state index in [1.807, 2.05) is 19.9 Å². The smallest absolute Gasteiger partial charge is 0.338 e. The van der Waals surface area contributed by atoms with Crippen molar-refractivity contribution >= 4 is 23.1 Å². The number of Topliss-reactive ketones (excluding diaryl/α,β-unsaturated/α-hetero) is 1. The zero-order chi connectivity index (χ0) is 18.4. The van der Waals surface area contributed by atoms with E-state index in [0.717, 1.165) is 5.69 Å². The van der Waals surface area contributed by atoms with E-state index in [2.05, 4.69) is 4.98 Å². The Bertz CT molecular complexity index is 790. The lowest BCUT2D eigenvalue weighted by Gasteiger charge is -2.10. The number of aromatic nitrogens is 1. The van der Waals surface area contributed by atoms with E-state index in [-0.39, 0.29) is 6.10 Å². The van der Waals surface area contributed by atoms with Crippen LogP contribution in [0, 0.1) is 18.3 Å². The number of benzene rings is 1. The SMILES string of the molecule is Cc1csc([C@H](C#N)C(=O)COC(=O)c2ccc(OC(C)C)cc2)n1. The lowest BCUT2D eigenvalue weighted by Crippen LogP contribution is -2.20. The van der Waals surface area contributed by atoms with E-state index in [0.29, 0.717) is 16.3 Å². The fourth-order valence-electron chi connectivity index (χ4n) is 2.01. The molecule has 0 amide bonds. The van der Waals surface area contributed by atoms with Crippen molar-refractivity contribution in [2.45, 2.75) is 32.8 Å². The maximum atomic E-state index is 12.1. The Balaban J connectivity index is 1.94. The second-order valence-corrected chi connectivity index (χ2v) is 6.51. The van der Waals surface area contributed by atoms with Crippen LogP contribution in [-0.4, -0.2) is 29.4 Å². The highest BCUT2D eigenvalue weighted by molar-refractivity contribution is 7.09. The van der Waals surface area contributed by atoms with E-state index in [4.69, 9.17) is 9.47 Å². The summed E-state index contributed by atoms with van der Waals surface area (Å²) in [5, 5.41) is 11.4. The molecule has 0 aliphatic carbocycles. The first-order valence-corrected chi connectivity index (χ1v) is 8.57. The number of ketones is 1. The number of carbonyl (C=O) groups excluding carboxylic acids is 2. The van der Waals surface area contributed by atoms with Crippen LogP contribution in [0.5, 0.6) is 5.75 Å². The lowest BCUT2D eigenvalue weighted by molar-refractivity contribution is -0.122. The third-order valence-corrected chi connectivity index (χ3v) is 4.17. The second kappa shape index (κ2) is 8.40. The number of nitriles is 1. The average Bonchev–Trinajstić information content (AvgIpc) is 2.99. The Kier molecular flexibility index (Phi) is 6.25. The minimum absolute atomic E-state index is 0.0350. The van der Waals surface area contributed by atoms with Gasteiger partial charge in [0.05, 0.1) is 17.7 Å². The molecule has 0 aliphatic rings. The van der Waals surface area contributed by atoms with Gasteiger partial charge in [-0.25, -0.2) is 9.78 Å². The number of rotatable bonds is 7. The third-order valence-electron chi connectivity index (χ3n) is 3.14. The summed E-state index contributed by atoms with van der Waals surface area (Å²) in [6.45, 7) is 5.12. The monoisotopic (exact) mass is 358 g/mol. The predicted molar refractivity (Wildman–Crippen MR) is 92.7 cm³/mol. The van der Waals surface area contributed by atoms with Crippen molar-refractivity contribution in [3.63, 3.8) is 0 Å². The number of esters is 1. The number of thiazole rings is 1. The van der Waals surface area contributed by atoms with Gasteiger partial charge in [0, 0.05) is 11.1 Å². The van der Waals surface area contributed by atoms with Crippen molar-refractivity contribution < 1.29 is 19.1 Å². The van der Waals surface area contributed by atoms with Crippen molar-refractivity contribution in [3.8, 4) is 11.8 Å². The number of hydrogen-bond acceptors (Lipinski definition) is 7. The summed E-state index contributed by atoms with van der Waals surface area (Å²) in [7, 11) is 0. The summed E-state index contributed by atoms with van der Waals surface area (Å²) < 4.78 is 10.5. The van der Waals surface area contributed by atoms with Gasteiger partial charge in [0.1, 0.15) is 10.8 Å². The number of carbonyl (C=O) groups is 2. The Hall–Kier alpha value is -2.72. The Morgan fingerprint density at radius 3 is 2.48 bits per heavy atom. The van der Waals surface area contributed by atoms with Crippen LogP contribution in [0.25, 0.3) is 0 Å². The van der Waals surface area contributed by atoms with Gasteiger partial charge in [-0.1, -0.05) is 0 Å². The molecule has 6 nitrogen and oxygen atoms in total. The molecule has 0 aliphatic heterocycles. The Labute approximate surface area is 150 Å². The molecule has 130 valence electrons. The molecule has 2 aromatic rings. The molecule has 0 saturated heterocycles. The van der Waals surface area contributed by atoms with Crippen LogP contribution in [0.1, 0.15) is 40.8 Å². The summed E-state index contributed by atoms with van der Waals surface area (Å²) in [4.78, 5) is 28.3. The van der Waals surface area contributed by atoms with Gasteiger partial charge < -0.3 is 9.47 Å². The molecule has 25 heavy (non-hydrogen) atoms. The molecule has 0 fully saturated rings. The van der Waals surface area contributed by atoms with Crippen molar-refractivity contribution in [1.82, 2.24) is 4.98 Å². The van der Waals surface area contributed by atoms with Gasteiger partial charge in [-0.2, -0.15) is 5.26 Å². The fourth-order valence-corrected chi connectivity index (χ4v) is 2.88. The molecule has 1 aromatic carbocycles. The normalized spacial score (nSPS) is 11.6. The molecule has 0 N–H and O–H groups in total. The maximum absolute atomic E-state index is 12.1. The van der Waals surface area contributed by atoms with Gasteiger partial charge in [0.25, 0.3) is 0 Å². The molecule has 7 heteroatoms. The van der Waals surface area contributed by atoms with Gasteiger partial charge in [-0.05, 0) is 45.0 Å². The summed E-state index contributed by atoms with van der Waals surface area (Å²) in [6, 6.07) is 8.37. The Morgan fingerprint density at radius 1 is 1.28 bits per heavy atom. The summed E-state index contributed by atoms with van der Waals surface area (Å²) in [5.74, 6) is -1.50. The van der Waals surface area contributed by atoms with Crippen LogP contribution in [0.3, 0.4) is 0 Å². The highest BCUT2D eigenvalue weighted by atomic mass is 32.1. The number of aryl methyl sites for hydroxylation is 1. The highest BCUT2D eigenvalue weighted by Gasteiger charge is 2.24. The van der Waals surface area contributed by atoms with Crippen LogP contribution < -0.4 is 4.74 Å². The largest absolute Gasteiger partial charge is 0.491 e. The molecular weight excluding hydrogens is 340 g/mol. The fraction of sp³-hybridized carbons (Fsp3) is 0.333. The molecule has 2 rings (SSSR count). The lowest BCUT2D eigenvalue weighted by atomic mass is 10.1. The first-order valence-electron chi connectivity index (χ1n) is 7.69. The molecule has 1 atom stereocenters. The molecule has 1 heterocycles. The first kappa shape index (κ1) is 18.6. The molecule has 0 radical (unpaired) electrons. The van der Waals surface area contributed by atoms with Crippen molar-refractivity contribution in [2.75, 3.05) is 6.61 Å². The van der Waals surface area contributed by atoms with E-state index >= 15 is 0 Å². The van der Waals surface area contributed by atoms with E-state index in [9.17, 15) is 14.9 Å². The molecule has 0 saturated carbocycles. The van der Waals surface area contributed by atoms with Gasteiger partial charge >= 0.3 is 5.97 Å². The number of nitrogens with zero attached hydrogens (tertiary/aromatic N) is 2. The second-order valence-electron chi connectivity index (χ2n) is 5.62. The summed E-state index contributed by atoms with van der Waals surface area (Å²) in [5.41, 5.74) is 1.05. The van der Waals surface area contributed by atoms with Gasteiger partial charge in [0.2, 0.25) is 0 Å². The van der Waals surface area contributed by atoms with Crippen molar-refractivity contribution in [3.05, 3.63) is 45.9 Å². The van der Waals surface area contributed by atoms with Gasteiger partial charge in [-0.15, -0.1) is 11.3 Å². The summed E-state index contributed by atoms with van der Waals surface area (Å²) in [6.07, 6.45) is 0.0350. The molecular formula is C18H18N2O4S. The summed E-state index contributed by atoms with van der Waals surface area (Å²) >= 11 is 1.24. The van der Waals surface area contributed by atoms with Crippen LogP contribution in [0.4, 0.5) is 0 Å². The standard InChI is InChI=1S/C18H18N2O4S/c1-11(2)24-14-6-4-13(5-7-14)18(22)23-9-16(21)15(8-19)17-20-12(3)10-25-17/h4-7,10-11,15H,9H2,1-3H3/t15-/m1/s1. The number of ether oxygens (including phenoxy) is 2. The molecule has 0 spiro atoms. The molecule has 1 aromatic heterocycles. The van der Waals surface area contributed by atoms with Gasteiger partial charge in [-0.3, -0.25) is 4.79 Å². The predicted octanol–water partition coefficient (Wildman–Crippen LogP) is 3.27. The maximum Gasteiger partial charge on any atom is 0.338 e. The highest BCUT2D eigenvalue weighted by Crippen LogP contribution is 2.21. The minimum Gasteiger partial charge on any atom is -0.491 e.